The Hall–Kier alpha value is -0.230. The van der Waals surface area contributed by atoms with Crippen LogP contribution in [0.4, 0.5) is 8.78 Å². The summed E-state index contributed by atoms with van der Waals surface area (Å²) < 4.78 is 24.8. The zero-order valence-corrected chi connectivity index (χ0v) is 10.6. The van der Waals surface area contributed by atoms with Gasteiger partial charge in [0, 0.05) is 22.6 Å². The largest absolute Gasteiger partial charge is 0.386 e. The molecule has 1 atom stereocenters. The first-order valence-corrected chi connectivity index (χ1v) is 5.78. The van der Waals surface area contributed by atoms with Crippen LogP contribution >= 0.6 is 27.5 Å². The molecule has 0 aliphatic heterocycles. The molecule has 0 amide bonds. The lowest BCUT2D eigenvalue weighted by Gasteiger charge is -2.11. The SMILES string of the molecule is OC(CNCc1cc(Cl)ccc1Br)C(F)F. The third kappa shape index (κ3) is 4.33. The van der Waals surface area contributed by atoms with Gasteiger partial charge in [-0.2, -0.15) is 0 Å². The van der Waals surface area contributed by atoms with Crippen molar-refractivity contribution in [3.8, 4) is 0 Å². The number of aliphatic hydroxyl groups excluding tert-OH is 1. The molecule has 2 nitrogen and oxygen atoms in total. The van der Waals surface area contributed by atoms with Crippen molar-refractivity contribution in [2.24, 2.45) is 0 Å². The molecule has 1 aromatic rings. The van der Waals surface area contributed by atoms with E-state index in [0.717, 1.165) is 10.0 Å². The molecule has 0 aromatic heterocycles. The highest BCUT2D eigenvalue weighted by molar-refractivity contribution is 9.10. The molecule has 0 radical (unpaired) electrons. The first-order chi connectivity index (χ1) is 7.50. The molecule has 90 valence electrons. The van der Waals surface area contributed by atoms with Crippen LogP contribution in [-0.4, -0.2) is 24.2 Å². The fourth-order valence-electron chi connectivity index (χ4n) is 1.12. The van der Waals surface area contributed by atoms with E-state index in [4.69, 9.17) is 16.7 Å². The lowest BCUT2D eigenvalue weighted by atomic mass is 10.2. The van der Waals surface area contributed by atoms with E-state index in [0.29, 0.717) is 11.6 Å². The first-order valence-electron chi connectivity index (χ1n) is 4.61. The summed E-state index contributed by atoms with van der Waals surface area (Å²) in [5.74, 6) is 0. The van der Waals surface area contributed by atoms with Crippen molar-refractivity contribution in [3.63, 3.8) is 0 Å². The van der Waals surface area contributed by atoms with Gasteiger partial charge in [-0.25, -0.2) is 8.78 Å². The van der Waals surface area contributed by atoms with Gasteiger partial charge < -0.3 is 10.4 Å². The second-order valence-corrected chi connectivity index (χ2v) is 4.56. The quantitative estimate of drug-likeness (QED) is 0.876. The zero-order chi connectivity index (χ0) is 12.1. The molecule has 0 heterocycles. The standard InChI is InChI=1S/C10H11BrClF2NO/c11-8-2-1-7(12)3-6(8)4-15-5-9(16)10(13)14/h1-3,9-10,15-16H,4-5H2. The minimum absolute atomic E-state index is 0.156. The Balaban J connectivity index is 2.45. The predicted octanol–water partition coefficient (Wildman–Crippen LogP) is 2.82. The maximum atomic E-state index is 12.0. The van der Waals surface area contributed by atoms with Crippen molar-refractivity contribution in [1.29, 1.82) is 0 Å². The van der Waals surface area contributed by atoms with Crippen LogP contribution < -0.4 is 5.32 Å². The number of halogens is 4. The van der Waals surface area contributed by atoms with Crippen molar-refractivity contribution >= 4 is 27.5 Å². The van der Waals surface area contributed by atoms with E-state index in [-0.39, 0.29) is 6.54 Å². The molecule has 0 aliphatic carbocycles. The number of hydrogen-bond acceptors (Lipinski definition) is 2. The normalized spacial score (nSPS) is 13.1. The van der Waals surface area contributed by atoms with Crippen LogP contribution in [0.1, 0.15) is 5.56 Å². The smallest absolute Gasteiger partial charge is 0.265 e. The van der Waals surface area contributed by atoms with Crippen LogP contribution in [-0.2, 0) is 6.54 Å². The van der Waals surface area contributed by atoms with E-state index in [9.17, 15) is 8.78 Å². The molecular weight excluding hydrogens is 303 g/mol. The summed E-state index contributed by atoms with van der Waals surface area (Å²) in [6, 6.07) is 5.24. The highest BCUT2D eigenvalue weighted by Crippen LogP contribution is 2.20. The van der Waals surface area contributed by atoms with Crippen LogP contribution in [0.25, 0.3) is 0 Å². The Bertz CT molecular complexity index is 352. The van der Waals surface area contributed by atoms with E-state index >= 15 is 0 Å². The second kappa shape index (κ2) is 6.49. The van der Waals surface area contributed by atoms with Gasteiger partial charge >= 0.3 is 0 Å². The maximum absolute atomic E-state index is 12.0. The van der Waals surface area contributed by atoms with Gasteiger partial charge in [0.05, 0.1) is 0 Å². The molecule has 0 saturated carbocycles. The number of aliphatic hydroxyl groups is 1. The van der Waals surface area contributed by atoms with E-state index < -0.39 is 12.5 Å². The summed E-state index contributed by atoms with van der Waals surface area (Å²) >= 11 is 9.11. The van der Waals surface area contributed by atoms with Crippen LogP contribution in [0.2, 0.25) is 5.02 Å². The lowest BCUT2D eigenvalue weighted by molar-refractivity contribution is -0.00341. The van der Waals surface area contributed by atoms with Gasteiger partial charge in [-0.05, 0) is 23.8 Å². The third-order valence-corrected chi connectivity index (χ3v) is 2.98. The van der Waals surface area contributed by atoms with Crippen LogP contribution in [0.5, 0.6) is 0 Å². The third-order valence-electron chi connectivity index (χ3n) is 1.97. The minimum atomic E-state index is -2.73. The number of nitrogens with one attached hydrogen (secondary N) is 1. The molecule has 0 saturated heterocycles. The summed E-state index contributed by atoms with van der Waals surface area (Å²) in [5, 5.41) is 12.2. The van der Waals surface area contributed by atoms with Gasteiger partial charge in [0.25, 0.3) is 6.43 Å². The molecular formula is C10H11BrClF2NO. The Kier molecular flexibility index (Phi) is 5.61. The van der Waals surface area contributed by atoms with Crippen molar-refractivity contribution in [3.05, 3.63) is 33.3 Å². The monoisotopic (exact) mass is 313 g/mol. The Morgan fingerprint density at radius 3 is 2.75 bits per heavy atom. The lowest BCUT2D eigenvalue weighted by Crippen LogP contribution is -2.31. The Morgan fingerprint density at radius 1 is 1.44 bits per heavy atom. The Labute approximate surface area is 106 Å². The predicted molar refractivity (Wildman–Crippen MR) is 62.9 cm³/mol. The average Bonchev–Trinajstić information content (AvgIpc) is 2.22. The number of rotatable bonds is 5. The summed E-state index contributed by atoms with van der Waals surface area (Å²) in [4.78, 5) is 0. The molecule has 1 unspecified atom stereocenters. The van der Waals surface area contributed by atoms with Gasteiger partial charge in [0.1, 0.15) is 6.10 Å². The molecule has 6 heteroatoms. The fourth-order valence-corrected chi connectivity index (χ4v) is 1.70. The molecule has 0 spiro atoms. The van der Waals surface area contributed by atoms with Crippen molar-refractivity contribution in [2.75, 3.05) is 6.54 Å². The van der Waals surface area contributed by atoms with Crippen LogP contribution in [0, 0.1) is 0 Å². The molecule has 0 bridgehead atoms. The van der Waals surface area contributed by atoms with Gasteiger partial charge in [-0.3, -0.25) is 0 Å². The van der Waals surface area contributed by atoms with Crippen molar-refractivity contribution in [1.82, 2.24) is 5.32 Å². The van der Waals surface area contributed by atoms with Crippen LogP contribution in [0.3, 0.4) is 0 Å². The van der Waals surface area contributed by atoms with Crippen molar-refractivity contribution in [2.45, 2.75) is 19.1 Å². The van der Waals surface area contributed by atoms with Crippen molar-refractivity contribution < 1.29 is 13.9 Å². The zero-order valence-electron chi connectivity index (χ0n) is 8.26. The van der Waals surface area contributed by atoms with Crippen LogP contribution in [0.15, 0.2) is 22.7 Å². The van der Waals surface area contributed by atoms with E-state index in [1.165, 1.54) is 0 Å². The second-order valence-electron chi connectivity index (χ2n) is 3.27. The fraction of sp³-hybridized carbons (Fsp3) is 0.400. The number of benzene rings is 1. The van der Waals surface area contributed by atoms with Gasteiger partial charge in [-0.1, -0.05) is 27.5 Å². The van der Waals surface area contributed by atoms with E-state index in [2.05, 4.69) is 21.2 Å². The van der Waals surface area contributed by atoms with E-state index in [1.54, 1.807) is 18.2 Å². The molecule has 2 N–H and O–H groups in total. The number of alkyl halides is 2. The van der Waals surface area contributed by atoms with Gasteiger partial charge in [0.2, 0.25) is 0 Å². The minimum Gasteiger partial charge on any atom is -0.386 e. The van der Waals surface area contributed by atoms with E-state index in [1.807, 2.05) is 0 Å². The molecule has 0 fully saturated rings. The average molecular weight is 315 g/mol. The molecule has 1 rings (SSSR count). The van der Waals surface area contributed by atoms with Gasteiger partial charge in [-0.15, -0.1) is 0 Å². The van der Waals surface area contributed by atoms with Gasteiger partial charge in [0.15, 0.2) is 0 Å². The number of hydrogen-bond donors (Lipinski definition) is 2. The first kappa shape index (κ1) is 13.8. The Morgan fingerprint density at radius 2 is 2.12 bits per heavy atom. The molecule has 16 heavy (non-hydrogen) atoms. The summed E-state index contributed by atoms with van der Waals surface area (Å²) in [6.45, 7) is 0.210. The molecule has 1 aromatic carbocycles. The highest BCUT2D eigenvalue weighted by atomic mass is 79.9. The summed E-state index contributed by atoms with van der Waals surface area (Å²) in [6.07, 6.45) is -4.37. The molecule has 0 aliphatic rings. The summed E-state index contributed by atoms with van der Waals surface area (Å²) in [7, 11) is 0. The maximum Gasteiger partial charge on any atom is 0.265 e. The topological polar surface area (TPSA) is 32.3 Å². The summed E-state index contributed by atoms with van der Waals surface area (Å²) in [5.41, 5.74) is 0.856. The highest BCUT2D eigenvalue weighted by Gasteiger charge is 2.15.